The molecule has 0 bridgehead atoms. The van der Waals surface area contributed by atoms with Crippen LogP contribution in [0.2, 0.25) is 0 Å². The van der Waals surface area contributed by atoms with Gasteiger partial charge in [0, 0.05) is 45.6 Å². The fourth-order valence-corrected chi connectivity index (χ4v) is 3.29. The normalized spacial score (nSPS) is 29.2. The van der Waals surface area contributed by atoms with Crippen molar-refractivity contribution in [3.8, 4) is 0 Å². The van der Waals surface area contributed by atoms with Gasteiger partial charge in [0.1, 0.15) is 11.9 Å². The molecule has 3 unspecified atom stereocenters. The highest BCUT2D eigenvalue weighted by Gasteiger charge is 2.33. The molecule has 1 aromatic rings. The second kappa shape index (κ2) is 5.56. The Morgan fingerprint density at radius 3 is 3.15 bits per heavy atom. The molecule has 1 saturated heterocycles. The molecule has 1 aromatic heterocycles. The van der Waals surface area contributed by atoms with Crippen LogP contribution >= 0.6 is 0 Å². The Hall–Kier alpha value is -1.36. The van der Waals surface area contributed by atoms with Crippen LogP contribution in [0, 0.1) is 11.8 Å². The summed E-state index contributed by atoms with van der Waals surface area (Å²) in [4.78, 5) is 18.6. The summed E-state index contributed by atoms with van der Waals surface area (Å²) in [6.07, 6.45) is 6.77. The molecule has 0 saturated carbocycles. The molecule has 0 spiro atoms. The third-order valence-electron chi connectivity index (χ3n) is 4.57. The average molecular weight is 277 g/mol. The molecular formula is C15H23N3O2. The summed E-state index contributed by atoms with van der Waals surface area (Å²) < 4.78 is 7.78. The molecular weight excluding hydrogens is 254 g/mol. The smallest absolute Gasteiger partial charge is 0.251 e. The number of nitrogens with zero attached hydrogens (tertiary/aromatic N) is 3. The van der Waals surface area contributed by atoms with Crippen LogP contribution in [0.3, 0.4) is 0 Å². The van der Waals surface area contributed by atoms with Gasteiger partial charge in [0.2, 0.25) is 0 Å². The highest BCUT2D eigenvalue weighted by molar-refractivity contribution is 5.81. The van der Waals surface area contributed by atoms with Crippen molar-refractivity contribution in [2.45, 2.75) is 38.8 Å². The number of carbonyl (C=O) groups is 1. The number of amides is 1. The molecule has 1 fully saturated rings. The fourth-order valence-electron chi connectivity index (χ4n) is 3.29. The lowest BCUT2D eigenvalue weighted by Crippen LogP contribution is -2.42. The van der Waals surface area contributed by atoms with E-state index in [1.54, 1.807) is 0 Å². The van der Waals surface area contributed by atoms with E-state index in [1.807, 2.05) is 24.3 Å². The Labute approximate surface area is 119 Å². The first-order valence-corrected chi connectivity index (χ1v) is 7.51. The van der Waals surface area contributed by atoms with Crippen LogP contribution in [0.1, 0.15) is 25.6 Å². The number of hydrogen-bond donors (Lipinski definition) is 0. The monoisotopic (exact) mass is 277 g/mol. The van der Waals surface area contributed by atoms with E-state index in [2.05, 4.69) is 16.5 Å². The van der Waals surface area contributed by atoms with Gasteiger partial charge in [-0.05, 0) is 24.7 Å². The minimum atomic E-state index is -0.229. The van der Waals surface area contributed by atoms with Gasteiger partial charge >= 0.3 is 0 Å². The lowest BCUT2D eigenvalue weighted by molar-refractivity contribution is -0.141. The third kappa shape index (κ3) is 2.59. The summed E-state index contributed by atoms with van der Waals surface area (Å²) in [5.74, 6) is 2.17. The summed E-state index contributed by atoms with van der Waals surface area (Å²) in [6.45, 7) is 4.59. The van der Waals surface area contributed by atoms with Gasteiger partial charge in [-0.1, -0.05) is 6.92 Å². The second-order valence-electron chi connectivity index (χ2n) is 6.18. The van der Waals surface area contributed by atoms with Crippen molar-refractivity contribution in [3.63, 3.8) is 0 Å². The molecule has 3 heterocycles. The van der Waals surface area contributed by atoms with Crippen molar-refractivity contribution in [2.75, 3.05) is 20.2 Å². The largest absolute Gasteiger partial charge is 0.368 e. The molecule has 110 valence electrons. The van der Waals surface area contributed by atoms with Crippen molar-refractivity contribution in [1.29, 1.82) is 0 Å². The van der Waals surface area contributed by atoms with E-state index >= 15 is 0 Å². The first-order valence-electron chi connectivity index (χ1n) is 7.51. The second-order valence-corrected chi connectivity index (χ2v) is 6.18. The average Bonchev–Trinajstić information content (AvgIpc) is 3.05. The van der Waals surface area contributed by atoms with Crippen LogP contribution in [0.5, 0.6) is 0 Å². The topological polar surface area (TPSA) is 47.4 Å². The predicted octanol–water partition coefficient (Wildman–Crippen LogP) is 1.33. The molecule has 20 heavy (non-hydrogen) atoms. The number of fused-ring (bicyclic) bond motifs is 1. The molecule has 5 heteroatoms. The molecule has 2 aliphatic rings. The Bertz CT molecular complexity index is 485. The molecule has 3 rings (SSSR count). The summed E-state index contributed by atoms with van der Waals surface area (Å²) in [6, 6.07) is 0. The predicted molar refractivity (Wildman–Crippen MR) is 75.2 cm³/mol. The summed E-state index contributed by atoms with van der Waals surface area (Å²) in [5.41, 5.74) is 0. The quantitative estimate of drug-likeness (QED) is 0.837. The van der Waals surface area contributed by atoms with E-state index in [4.69, 9.17) is 4.74 Å². The number of carbonyl (C=O) groups excluding carboxylic acids is 1. The number of likely N-dealkylation sites (N-methyl/N-ethyl adjacent to an activating group) is 1. The lowest BCUT2D eigenvalue weighted by Gasteiger charge is -2.30. The van der Waals surface area contributed by atoms with Crippen molar-refractivity contribution in [1.82, 2.24) is 14.5 Å². The van der Waals surface area contributed by atoms with Crippen molar-refractivity contribution in [2.24, 2.45) is 11.8 Å². The number of aryl methyl sites for hydroxylation is 1. The van der Waals surface area contributed by atoms with E-state index in [-0.39, 0.29) is 12.0 Å². The lowest BCUT2D eigenvalue weighted by atomic mass is 9.98. The van der Waals surface area contributed by atoms with Gasteiger partial charge in [0.15, 0.2) is 0 Å². The number of ether oxygens (including phenoxy) is 1. The van der Waals surface area contributed by atoms with Crippen LogP contribution in [-0.2, 0) is 22.5 Å². The van der Waals surface area contributed by atoms with Gasteiger partial charge in [-0.25, -0.2) is 4.98 Å². The van der Waals surface area contributed by atoms with Crippen LogP contribution in [0.4, 0.5) is 0 Å². The third-order valence-corrected chi connectivity index (χ3v) is 4.57. The van der Waals surface area contributed by atoms with Crippen LogP contribution in [0.15, 0.2) is 12.4 Å². The molecule has 0 aromatic carbocycles. The number of rotatable bonds is 3. The Balaban J connectivity index is 1.57. The maximum absolute atomic E-state index is 12.4. The number of imidazole rings is 1. The minimum absolute atomic E-state index is 0.145. The first-order chi connectivity index (χ1) is 9.65. The fraction of sp³-hybridized carbons (Fsp3) is 0.733. The van der Waals surface area contributed by atoms with Crippen LogP contribution in [-0.4, -0.2) is 46.7 Å². The van der Waals surface area contributed by atoms with Gasteiger partial charge in [-0.15, -0.1) is 0 Å². The molecule has 0 aliphatic carbocycles. The van der Waals surface area contributed by atoms with E-state index in [0.717, 1.165) is 32.4 Å². The number of aromatic nitrogens is 2. The summed E-state index contributed by atoms with van der Waals surface area (Å²) in [5, 5.41) is 0. The highest BCUT2D eigenvalue weighted by Crippen LogP contribution is 2.23. The maximum Gasteiger partial charge on any atom is 0.251 e. The standard InChI is InChI=1S/C15H23N3O2/c1-11-5-8-20-14(11)15(19)17(2)9-12-3-4-13-16-6-7-18(13)10-12/h6-7,11-12,14H,3-5,8-10H2,1-2H3. The van der Waals surface area contributed by atoms with E-state index in [9.17, 15) is 4.79 Å². The zero-order valence-corrected chi connectivity index (χ0v) is 12.3. The first kappa shape index (κ1) is 13.6. The summed E-state index contributed by atoms with van der Waals surface area (Å²) in [7, 11) is 1.90. The zero-order chi connectivity index (χ0) is 14.1. The van der Waals surface area contributed by atoms with E-state index in [0.29, 0.717) is 18.4 Å². The van der Waals surface area contributed by atoms with E-state index in [1.165, 1.54) is 5.82 Å². The minimum Gasteiger partial charge on any atom is -0.368 e. The zero-order valence-electron chi connectivity index (χ0n) is 12.3. The summed E-state index contributed by atoms with van der Waals surface area (Å²) >= 11 is 0. The van der Waals surface area contributed by atoms with Crippen molar-refractivity contribution < 1.29 is 9.53 Å². The molecule has 2 aliphatic heterocycles. The van der Waals surface area contributed by atoms with Gasteiger partial charge in [0.25, 0.3) is 5.91 Å². The highest BCUT2D eigenvalue weighted by atomic mass is 16.5. The molecule has 0 radical (unpaired) electrons. The van der Waals surface area contributed by atoms with Gasteiger partial charge in [-0.2, -0.15) is 0 Å². The van der Waals surface area contributed by atoms with Crippen LogP contribution in [0.25, 0.3) is 0 Å². The Morgan fingerprint density at radius 1 is 1.55 bits per heavy atom. The SMILES string of the molecule is CC1CCOC1C(=O)N(C)CC1CCc2nccn2C1. The Morgan fingerprint density at radius 2 is 2.40 bits per heavy atom. The molecule has 1 amide bonds. The van der Waals surface area contributed by atoms with Gasteiger partial charge in [0.05, 0.1) is 0 Å². The number of hydrogen-bond acceptors (Lipinski definition) is 3. The molecule has 5 nitrogen and oxygen atoms in total. The molecule has 0 N–H and O–H groups in total. The van der Waals surface area contributed by atoms with Gasteiger partial charge in [-0.3, -0.25) is 4.79 Å². The van der Waals surface area contributed by atoms with Crippen molar-refractivity contribution >= 4 is 5.91 Å². The van der Waals surface area contributed by atoms with Crippen molar-refractivity contribution in [3.05, 3.63) is 18.2 Å². The van der Waals surface area contributed by atoms with Crippen LogP contribution < -0.4 is 0 Å². The van der Waals surface area contributed by atoms with Gasteiger partial charge < -0.3 is 14.2 Å². The maximum atomic E-state index is 12.4. The Kier molecular flexibility index (Phi) is 3.78. The molecule has 3 atom stereocenters. The van der Waals surface area contributed by atoms with E-state index < -0.39 is 0 Å².